The van der Waals surface area contributed by atoms with E-state index in [-0.39, 0.29) is 11.5 Å². The van der Waals surface area contributed by atoms with Crippen molar-refractivity contribution in [3.63, 3.8) is 0 Å². The summed E-state index contributed by atoms with van der Waals surface area (Å²) in [4.78, 5) is 12.2. The third-order valence-electron chi connectivity index (χ3n) is 3.26. The number of ketones is 1. The summed E-state index contributed by atoms with van der Waals surface area (Å²) in [6, 6.07) is 9.79. The Bertz CT molecular complexity index is 779. The van der Waals surface area contributed by atoms with Crippen molar-refractivity contribution in [2.24, 2.45) is 0 Å². The number of hydrogen-bond donors (Lipinski definition) is 1. The Hall–Kier alpha value is -2.53. The molecule has 2 rings (SSSR count). The van der Waals surface area contributed by atoms with Gasteiger partial charge < -0.3 is 14.6 Å². The van der Waals surface area contributed by atoms with Gasteiger partial charge in [-0.25, -0.2) is 0 Å². The minimum atomic E-state index is -0.152. The topological polar surface area (TPSA) is 55.8 Å². The molecule has 0 amide bonds. The zero-order valence-corrected chi connectivity index (χ0v) is 15.5. The molecule has 0 unspecified atom stereocenters. The second kappa shape index (κ2) is 9.08. The fourth-order valence-corrected chi connectivity index (χ4v) is 2.70. The largest absolute Gasteiger partial charge is 0.508 e. The lowest BCUT2D eigenvalue weighted by Gasteiger charge is -2.13. The predicted octanol–water partition coefficient (Wildman–Crippen LogP) is 5.01. The predicted molar refractivity (Wildman–Crippen MR) is 102 cm³/mol. The zero-order valence-electron chi connectivity index (χ0n) is 13.9. The summed E-state index contributed by atoms with van der Waals surface area (Å²) in [5, 5.41) is 9.28. The van der Waals surface area contributed by atoms with Crippen molar-refractivity contribution in [3.8, 4) is 17.2 Å². The van der Waals surface area contributed by atoms with E-state index >= 15 is 0 Å². The third-order valence-corrected chi connectivity index (χ3v) is 3.85. The van der Waals surface area contributed by atoms with Crippen LogP contribution >= 0.6 is 15.9 Å². The molecule has 0 radical (unpaired) electrons. The number of aromatic hydroxyl groups is 1. The van der Waals surface area contributed by atoms with Crippen molar-refractivity contribution < 1.29 is 19.4 Å². The maximum absolute atomic E-state index is 12.2. The van der Waals surface area contributed by atoms with E-state index in [1.807, 2.05) is 19.1 Å². The molecule has 5 heteroatoms. The minimum Gasteiger partial charge on any atom is -0.508 e. The van der Waals surface area contributed by atoms with Crippen LogP contribution in [-0.2, 0) is 0 Å². The molecule has 25 heavy (non-hydrogen) atoms. The molecule has 0 aliphatic carbocycles. The standard InChI is InChI=1S/C20H19BrO4/c1-3-11-25-20-17(21)12-14(13-19(20)24-4-2)5-10-18(23)15-6-8-16(22)9-7-15/h3,5-10,12-13,22H,1,4,11H2,2H3. The fourth-order valence-electron chi connectivity index (χ4n) is 2.12. The molecule has 4 nitrogen and oxygen atoms in total. The molecule has 0 aliphatic heterocycles. The summed E-state index contributed by atoms with van der Waals surface area (Å²) in [7, 11) is 0. The average molecular weight is 403 g/mol. The number of rotatable bonds is 8. The second-order valence-electron chi connectivity index (χ2n) is 5.11. The highest BCUT2D eigenvalue weighted by atomic mass is 79.9. The Balaban J connectivity index is 2.24. The van der Waals surface area contributed by atoms with Crippen molar-refractivity contribution in [1.29, 1.82) is 0 Å². The van der Waals surface area contributed by atoms with Gasteiger partial charge >= 0.3 is 0 Å². The van der Waals surface area contributed by atoms with Gasteiger partial charge in [0.05, 0.1) is 11.1 Å². The van der Waals surface area contributed by atoms with E-state index in [1.54, 1.807) is 24.3 Å². The SMILES string of the molecule is C=CCOc1c(Br)cc(C=CC(=O)c2ccc(O)cc2)cc1OCC. The molecule has 0 bridgehead atoms. The van der Waals surface area contributed by atoms with Gasteiger partial charge in [-0.1, -0.05) is 18.7 Å². The van der Waals surface area contributed by atoms with E-state index in [9.17, 15) is 9.90 Å². The number of phenols is 1. The van der Waals surface area contributed by atoms with Crippen molar-refractivity contribution in [2.75, 3.05) is 13.2 Å². The summed E-state index contributed by atoms with van der Waals surface area (Å²) in [6.07, 6.45) is 4.85. The first kappa shape index (κ1) is 18.8. The van der Waals surface area contributed by atoms with Gasteiger partial charge in [0.1, 0.15) is 12.4 Å². The number of allylic oxidation sites excluding steroid dienone is 1. The maximum atomic E-state index is 12.2. The van der Waals surface area contributed by atoms with Crippen LogP contribution in [0.1, 0.15) is 22.8 Å². The van der Waals surface area contributed by atoms with E-state index in [4.69, 9.17) is 9.47 Å². The Morgan fingerprint density at radius 3 is 2.60 bits per heavy atom. The highest BCUT2D eigenvalue weighted by Gasteiger charge is 2.11. The summed E-state index contributed by atoms with van der Waals surface area (Å²) in [5.74, 6) is 1.17. The first-order valence-electron chi connectivity index (χ1n) is 7.76. The van der Waals surface area contributed by atoms with Gasteiger partial charge in [0.2, 0.25) is 0 Å². The van der Waals surface area contributed by atoms with Gasteiger partial charge in [0.25, 0.3) is 0 Å². The number of carbonyl (C=O) groups excluding carboxylic acids is 1. The van der Waals surface area contributed by atoms with Gasteiger partial charge in [-0.3, -0.25) is 4.79 Å². The summed E-state index contributed by atoms with van der Waals surface area (Å²) >= 11 is 3.47. The molecule has 0 aliphatic rings. The Morgan fingerprint density at radius 1 is 1.24 bits per heavy atom. The summed E-state index contributed by atoms with van der Waals surface area (Å²) in [5.41, 5.74) is 1.30. The molecule has 0 spiro atoms. The molecular weight excluding hydrogens is 384 g/mol. The molecule has 2 aromatic rings. The quantitative estimate of drug-likeness (QED) is 0.382. The number of halogens is 1. The summed E-state index contributed by atoms with van der Waals surface area (Å²) < 4.78 is 12.0. The monoisotopic (exact) mass is 402 g/mol. The fraction of sp³-hybridized carbons (Fsp3) is 0.150. The first-order valence-corrected chi connectivity index (χ1v) is 8.56. The molecule has 0 heterocycles. The van der Waals surface area contributed by atoms with Crippen LogP contribution in [-0.4, -0.2) is 24.1 Å². The molecule has 0 atom stereocenters. The van der Waals surface area contributed by atoms with Crippen LogP contribution in [0.2, 0.25) is 0 Å². The Morgan fingerprint density at radius 2 is 1.96 bits per heavy atom. The second-order valence-corrected chi connectivity index (χ2v) is 5.96. The van der Waals surface area contributed by atoms with Crippen molar-refractivity contribution in [1.82, 2.24) is 0 Å². The van der Waals surface area contributed by atoms with Gasteiger partial charge in [0, 0.05) is 5.56 Å². The molecule has 0 saturated carbocycles. The number of phenolic OH excluding ortho intramolecular Hbond substituents is 1. The van der Waals surface area contributed by atoms with Crippen LogP contribution in [0.25, 0.3) is 6.08 Å². The number of ether oxygens (including phenoxy) is 2. The van der Waals surface area contributed by atoms with Crippen molar-refractivity contribution in [2.45, 2.75) is 6.92 Å². The molecule has 1 N–H and O–H groups in total. The van der Waals surface area contributed by atoms with E-state index in [1.165, 1.54) is 18.2 Å². The van der Waals surface area contributed by atoms with E-state index in [0.29, 0.717) is 30.3 Å². The van der Waals surface area contributed by atoms with E-state index in [2.05, 4.69) is 22.5 Å². The number of benzene rings is 2. The molecule has 0 saturated heterocycles. The van der Waals surface area contributed by atoms with E-state index < -0.39 is 0 Å². The normalized spacial score (nSPS) is 10.6. The first-order chi connectivity index (χ1) is 12.0. The van der Waals surface area contributed by atoms with Crippen LogP contribution in [0.5, 0.6) is 17.2 Å². The lowest BCUT2D eigenvalue weighted by atomic mass is 10.1. The third kappa shape index (κ3) is 5.22. The van der Waals surface area contributed by atoms with Crippen molar-refractivity contribution in [3.05, 3.63) is 70.7 Å². The van der Waals surface area contributed by atoms with Crippen LogP contribution in [0.4, 0.5) is 0 Å². The lowest BCUT2D eigenvalue weighted by Crippen LogP contribution is -2.00. The molecule has 130 valence electrons. The van der Waals surface area contributed by atoms with Crippen LogP contribution in [0, 0.1) is 0 Å². The molecular formula is C20H19BrO4. The van der Waals surface area contributed by atoms with Gasteiger partial charge in [-0.05, 0) is 70.9 Å². The molecule has 0 fully saturated rings. The Kier molecular flexibility index (Phi) is 6.83. The van der Waals surface area contributed by atoms with Crippen LogP contribution < -0.4 is 9.47 Å². The van der Waals surface area contributed by atoms with Gasteiger partial charge in [-0.15, -0.1) is 0 Å². The van der Waals surface area contributed by atoms with Gasteiger partial charge in [-0.2, -0.15) is 0 Å². The molecule has 2 aromatic carbocycles. The highest BCUT2D eigenvalue weighted by Crippen LogP contribution is 2.37. The maximum Gasteiger partial charge on any atom is 0.185 e. The highest BCUT2D eigenvalue weighted by molar-refractivity contribution is 9.10. The smallest absolute Gasteiger partial charge is 0.185 e. The average Bonchev–Trinajstić information content (AvgIpc) is 2.60. The zero-order chi connectivity index (χ0) is 18.2. The van der Waals surface area contributed by atoms with E-state index in [0.717, 1.165) is 10.0 Å². The number of carbonyl (C=O) groups is 1. The number of hydrogen-bond acceptors (Lipinski definition) is 4. The van der Waals surface area contributed by atoms with Crippen molar-refractivity contribution >= 4 is 27.8 Å². The van der Waals surface area contributed by atoms with Crippen LogP contribution in [0.15, 0.2) is 59.6 Å². The molecule has 0 aromatic heterocycles. The van der Waals surface area contributed by atoms with Crippen LogP contribution in [0.3, 0.4) is 0 Å². The lowest BCUT2D eigenvalue weighted by molar-refractivity contribution is 0.104. The van der Waals surface area contributed by atoms with Gasteiger partial charge in [0.15, 0.2) is 17.3 Å². The minimum absolute atomic E-state index is 0.126. The summed E-state index contributed by atoms with van der Waals surface area (Å²) in [6.45, 7) is 6.39. The Labute approximate surface area is 155 Å².